The van der Waals surface area contributed by atoms with E-state index in [0.717, 1.165) is 41.9 Å². The lowest BCUT2D eigenvalue weighted by atomic mass is 9.93. The number of pyridine rings is 2. The van der Waals surface area contributed by atoms with Gasteiger partial charge in [0.25, 0.3) is 5.56 Å². The van der Waals surface area contributed by atoms with Crippen LogP contribution in [0.3, 0.4) is 0 Å². The first kappa shape index (κ1) is 27.2. The Hall–Kier alpha value is -3.82. The van der Waals surface area contributed by atoms with Gasteiger partial charge in [-0.05, 0) is 50.3 Å². The van der Waals surface area contributed by atoms with Gasteiger partial charge in [0.15, 0.2) is 0 Å². The second-order valence-electron chi connectivity index (χ2n) is 9.62. The highest BCUT2D eigenvalue weighted by Crippen LogP contribution is 2.31. The summed E-state index contributed by atoms with van der Waals surface area (Å²) in [7, 11) is 1.80. The lowest BCUT2D eigenvalue weighted by Gasteiger charge is -2.33. The predicted octanol–water partition coefficient (Wildman–Crippen LogP) is 3.30. The number of amides is 1. The van der Waals surface area contributed by atoms with Gasteiger partial charge < -0.3 is 14.2 Å². The molecular formula is C28H36N6O4. The fourth-order valence-corrected chi connectivity index (χ4v) is 4.99. The Morgan fingerprint density at radius 1 is 1.13 bits per heavy atom. The van der Waals surface area contributed by atoms with Gasteiger partial charge in [-0.2, -0.15) is 0 Å². The highest BCUT2D eigenvalue weighted by molar-refractivity contribution is 5.98. The minimum Gasteiger partial charge on any atom is -0.466 e. The summed E-state index contributed by atoms with van der Waals surface area (Å²) in [5, 5.41) is 8.58. The van der Waals surface area contributed by atoms with Crippen LogP contribution in [0.2, 0.25) is 0 Å². The number of hydrogen-bond acceptors (Lipinski definition) is 7. The zero-order valence-corrected chi connectivity index (χ0v) is 22.6. The maximum Gasteiger partial charge on any atom is 0.306 e. The molecule has 0 aliphatic carbocycles. The van der Waals surface area contributed by atoms with Crippen LogP contribution in [-0.2, 0) is 40.8 Å². The fraction of sp³-hybridized carbons (Fsp3) is 0.500. The zero-order valence-electron chi connectivity index (χ0n) is 22.6. The van der Waals surface area contributed by atoms with Crippen molar-refractivity contribution in [1.29, 1.82) is 0 Å². The maximum absolute atomic E-state index is 13.3. The molecule has 1 fully saturated rings. The molecule has 0 saturated carbocycles. The van der Waals surface area contributed by atoms with Crippen molar-refractivity contribution in [3.63, 3.8) is 0 Å². The Morgan fingerprint density at radius 2 is 1.95 bits per heavy atom. The van der Waals surface area contributed by atoms with Crippen molar-refractivity contribution in [2.45, 2.75) is 65.8 Å². The van der Waals surface area contributed by atoms with Crippen molar-refractivity contribution in [2.75, 3.05) is 18.1 Å². The first-order valence-corrected chi connectivity index (χ1v) is 13.4. The molecule has 1 saturated heterocycles. The number of carbonyl (C=O) groups is 2. The van der Waals surface area contributed by atoms with Crippen LogP contribution in [0.1, 0.15) is 63.4 Å². The van der Waals surface area contributed by atoms with Crippen molar-refractivity contribution >= 4 is 17.6 Å². The number of anilines is 1. The average molecular weight is 521 g/mol. The number of hydrogen-bond donors (Lipinski definition) is 0. The van der Waals surface area contributed by atoms with Crippen molar-refractivity contribution in [3.05, 3.63) is 57.8 Å². The fourth-order valence-electron chi connectivity index (χ4n) is 4.99. The third-order valence-corrected chi connectivity index (χ3v) is 6.93. The van der Waals surface area contributed by atoms with Crippen molar-refractivity contribution in [2.24, 2.45) is 13.0 Å². The van der Waals surface area contributed by atoms with Gasteiger partial charge in [-0.25, -0.2) is 9.67 Å². The number of nitrogens with zero attached hydrogens (tertiary/aromatic N) is 6. The third-order valence-electron chi connectivity index (χ3n) is 6.93. The van der Waals surface area contributed by atoms with Crippen LogP contribution in [0.5, 0.6) is 0 Å². The second kappa shape index (κ2) is 12.1. The van der Waals surface area contributed by atoms with E-state index in [2.05, 4.69) is 17.2 Å². The van der Waals surface area contributed by atoms with Gasteiger partial charge in [0.05, 0.1) is 42.3 Å². The molecule has 1 amide bonds. The van der Waals surface area contributed by atoms with E-state index in [0.29, 0.717) is 43.9 Å². The quantitative estimate of drug-likeness (QED) is 0.377. The van der Waals surface area contributed by atoms with Crippen LogP contribution < -0.4 is 10.5 Å². The molecule has 0 spiro atoms. The maximum atomic E-state index is 13.3. The molecule has 0 unspecified atom stereocenters. The molecule has 38 heavy (non-hydrogen) atoms. The van der Waals surface area contributed by atoms with E-state index >= 15 is 0 Å². The van der Waals surface area contributed by atoms with Crippen LogP contribution in [0.25, 0.3) is 11.4 Å². The zero-order chi connectivity index (χ0) is 27.2. The van der Waals surface area contributed by atoms with Crippen molar-refractivity contribution in [1.82, 2.24) is 24.5 Å². The number of ether oxygens (including phenoxy) is 1. The largest absolute Gasteiger partial charge is 0.466 e. The molecular weight excluding hydrogens is 484 g/mol. The highest BCUT2D eigenvalue weighted by Gasteiger charge is 2.33. The molecule has 3 aromatic heterocycles. The number of esters is 1. The summed E-state index contributed by atoms with van der Waals surface area (Å²) in [4.78, 5) is 44.5. The summed E-state index contributed by atoms with van der Waals surface area (Å²) in [5.41, 5.74) is 4.55. The minimum atomic E-state index is -0.388. The smallest absolute Gasteiger partial charge is 0.306 e. The van der Waals surface area contributed by atoms with Crippen LogP contribution >= 0.6 is 0 Å². The molecule has 3 aromatic rings. The molecule has 0 aromatic carbocycles. The monoisotopic (exact) mass is 520 g/mol. The second-order valence-corrected chi connectivity index (χ2v) is 9.62. The van der Waals surface area contributed by atoms with Gasteiger partial charge in [-0.1, -0.05) is 31.5 Å². The molecule has 1 aliphatic rings. The van der Waals surface area contributed by atoms with E-state index < -0.39 is 0 Å². The van der Waals surface area contributed by atoms with Gasteiger partial charge in [0.1, 0.15) is 5.69 Å². The molecule has 0 bridgehead atoms. The minimum absolute atomic E-state index is 0.0694. The summed E-state index contributed by atoms with van der Waals surface area (Å²) in [6.45, 7) is 7.07. The number of carbonyl (C=O) groups excluding carboxylic acids is 2. The molecule has 1 atom stereocenters. The van der Waals surface area contributed by atoms with E-state index in [1.165, 1.54) is 0 Å². The summed E-state index contributed by atoms with van der Waals surface area (Å²) in [6, 6.07) is 7.22. The predicted molar refractivity (Wildman–Crippen MR) is 144 cm³/mol. The van der Waals surface area contributed by atoms with E-state index in [-0.39, 0.29) is 29.8 Å². The normalized spacial score (nSPS) is 15.6. The third kappa shape index (κ3) is 5.84. The first-order valence-electron chi connectivity index (χ1n) is 13.4. The van der Waals surface area contributed by atoms with Gasteiger partial charge in [-0.3, -0.25) is 14.4 Å². The first-order chi connectivity index (χ1) is 18.4. The Morgan fingerprint density at radius 3 is 2.68 bits per heavy atom. The van der Waals surface area contributed by atoms with Gasteiger partial charge in [0.2, 0.25) is 5.91 Å². The Labute approximate surface area is 222 Å². The molecule has 0 radical (unpaired) electrons. The topological polar surface area (TPSA) is 112 Å². The number of rotatable bonds is 10. The van der Waals surface area contributed by atoms with Crippen molar-refractivity contribution < 1.29 is 14.3 Å². The van der Waals surface area contributed by atoms with Gasteiger partial charge in [-0.15, -0.1) is 5.10 Å². The van der Waals surface area contributed by atoms with E-state index in [4.69, 9.17) is 9.72 Å². The SMILES string of the molecule is CCCc1ccc(=O)n(Cc2c(-c3ccc(N4CCC[C@@H](CC(=O)OCC)C4=O)c(CC)n3)nnn2C)c1. The molecule has 10 nitrogen and oxygen atoms in total. The highest BCUT2D eigenvalue weighted by atomic mass is 16.5. The standard InChI is InChI=1S/C28H36N6O4/c1-5-9-19-11-14-25(35)33(17-19)18-24-27(30-31-32(24)4)22-12-13-23(21(6-2)29-22)34-15-8-10-20(28(34)37)16-26(36)38-7-3/h11-14,17,20H,5-10,15-16,18H2,1-4H3/t20-/m0/s1. The molecule has 4 heterocycles. The summed E-state index contributed by atoms with van der Waals surface area (Å²) < 4.78 is 8.42. The Balaban J connectivity index is 1.62. The van der Waals surface area contributed by atoms with E-state index in [1.807, 2.05) is 31.3 Å². The molecule has 202 valence electrons. The lowest BCUT2D eigenvalue weighted by molar-refractivity contribution is -0.146. The number of aryl methyl sites for hydroxylation is 3. The summed E-state index contributed by atoms with van der Waals surface area (Å²) in [6.07, 6.45) is 5.97. The van der Waals surface area contributed by atoms with E-state index in [9.17, 15) is 14.4 Å². The number of piperidine rings is 1. The van der Waals surface area contributed by atoms with Crippen molar-refractivity contribution in [3.8, 4) is 11.4 Å². The number of aromatic nitrogens is 5. The van der Waals surface area contributed by atoms with Crippen LogP contribution in [0.4, 0.5) is 5.69 Å². The summed E-state index contributed by atoms with van der Waals surface area (Å²) in [5.74, 6) is -0.799. The van der Waals surface area contributed by atoms with E-state index in [1.54, 1.807) is 34.2 Å². The van der Waals surface area contributed by atoms with Crippen LogP contribution in [0.15, 0.2) is 35.3 Å². The molecule has 0 N–H and O–H groups in total. The average Bonchev–Trinajstić information content (AvgIpc) is 3.27. The van der Waals surface area contributed by atoms with Crippen LogP contribution in [-0.4, -0.2) is 49.6 Å². The lowest BCUT2D eigenvalue weighted by Crippen LogP contribution is -2.42. The van der Waals surface area contributed by atoms with Gasteiger partial charge >= 0.3 is 5.97 Å². The Kier molecular flexibility index (Phi) is 8.70. The Bertz CT molecular complexity index is 1360. The molecule has 1 aliphatic heterocycles. The van der Waals surface area contributed by atoms with Crippen LogP contribution in [0, 0.1) is 5.92 Å². The summed E-state index contributed by atoms with van der Waals surface area (Å²) >= 11 is 0. The van der Waals surface area contributed by atoms with Gasteiger partial charge in [0, 0.05) is 31.8 Å². The molecule has 4 rings (SSSR count). The molecule has 10 heteroatoms.